The third-order valence-corrected chi connectivity index (χ3v) is 3.20. The van der Waals surface area contributed by atoms with Crippen molar-refractivity contribution >= 4 is 0 Å². The first-order valence-corrected chi connectivity index (χ1v) is 5.90. The van der Waals surface area contributed by atoms with Crippen molar-refractivity contribution in [1.29, 1.82) is 0 Å². The van der Waals surface area contributed by atoms with Gasteiger partial charge in [-0.1, -0.05) is 0 Å². The molecule has 0 amide bonds. The average Bonchev–Trinajstić information content (AvgIpc) is 2.26. The van der Waals surface area contributed by atoms with Crippen molar-refractivity contribution in [1.82, 2.24) is 4.90 Å². The standard InChI is InChI=1S/C11H24N2O2/c1-10-2-3-11(8-12)9-13(10)4-6-15-7-5-14/h10-11,14H,2-9,12H2,1H3. The largest absolute Gasteiger partial charge is 0.394 e. The van der Waals surface area contributed by atoms with Crippen LogP contribution in [-0.4, -0.2) is 55.5 Å². The second kappa shape index (κ2) is 7.17. The molecule has 1 saturated heterocycles. The Hall–Kier alpha value is -0.160. The number of ether oxygens (including phenoxy) is 1. The molecule has 3 N–H and O–H groups in total. The monoisotopic (exact) mass is 216 g/mol. The zero-order valence-corrected chi connectivity index (χ0v) is 9.69. The molecular weight excluding hydrogens is 192 g/mol. The predicted octanol–water partition coefficient (Wildman–Crippen LogP) is 0.0545. The number of hydrogen-bond acceptors (Lipinski definition) is 4. The number of aliphatic hydroxyl groups is 1. The van der Waals surface area contributed by atoms with E-state index in [1.54, 1.807) is 0 Å². The lowest BCUT2D eigenvalue weighted by molar-refractivity contribution is 0.0465. The van der Waals surface area contributed by atoms with E-state index in [4.69, 9.17) is 15.6 Å². The Labute approximate surface area is 92.4 Å². The molecule has 2 atom stereocenters. The summed E-state index contributed by atoms with van der Waals surface area (Å²) in [6, 6.07) is 0.644. The molecule has 1 aliphatic rings. The molecule has 4 nitrogen and oxygen atoms in total. The van der Waals surface area contributed by atoms with Gasteiger partial charge >= 0.3 is 0 Å². The quantitative estimate of drug-likeness (QED) is 0.616. The number of nitrogens with zero attached hydrogens (tertiary/aromatic N) is 1. The van der Waals surface area contributed by atoms with Crippen LogP contribution in [0.1, 0.15) is 19.8 Å². The maximum atomic E-state index is 8.58. The molecule has 0 bridgehead atoms. The Morgan fingerprint density at radius 1 is 1.40 bits per heavy atom. The first-order chi connectivity index (χ1) is 7.27. The molecule has 4 heteroatoms. The van der Waals surface area contributed by atoms with Crippen molar-refractivity contribution in [2.24, 2.45) is 11.7 Å². The highest BCUT2D eigenvalue weighted by molar-refractivity contribution is 4.79. The SMILES string of the molecule is CC1CCC(CN)CN1CCOCCO. The molecule has 0 spiro atoms. The number of nitrogens with two attached hydrogens (primary N) is 1. The van der Waals surface area contributed by atoms with Gasteiger partial charge in [0.25, 0.3) is 0 Å². The zero-order valence-electron chi connectivity index (χ0n) is 9.69. The van der Waals surface area contributed by atoms with E-state index in [1.165, 1.54) is 12.8 Å². The molecule has 15 heavy (non-hydrogen) atoms. The fourth-order valence-electron chi connectivity index (χ4n) is 2.11. The minimum Gasteiger partial charge on any atom is -0.394 e. The van der Waals surface area contributed by atoms with E-state index in [-0.39, 0.29) is 6.61 Å². The summed E-state index contributed by atoms with van der Waals surface area (Å²) >= 11 is 0. The third-order valence-electron chi connectivity index (χ3n) is 3.20. The van der Waals surface area contributed by atoms with Gasteiger partial charge in [0.15, 0.2) is 0 Å². The molecule has 90 valence electrons. The van der Waals surface area contributed by atoms with Crippen LogP contribution in [0.15, 0.2) is 0 Å². The van der Waals surface area contributed by atoms with E-state index < -0.39 is 0 Å². The smallest absolute Gasteiger partial charge is 0.0698 e. The lowest BCUT2D eigenvalue weighted by Gasteiger charge is -2.37. The van der Waals surface area contributed by atoms with Crippen LogP contribution in [0.2, 0.25) is 0 Å². The van der Waals surface area contributed by atoms with Crippen LogP contribution in [0.25, 0.3) is 0 Å². The lowest BCUT2D eigenvalue weighted by atomic mass is 9.94. The van der Waals surface area contributed by atoms with Crippen molar-refractivity contribution < 1.29 is 9.84 Å². The van der Waals surface area contributed by atoms with Crippen molar-refractivity contribution in [3.63, 3.8) is 0 Å². The topological polar surface area (TPSA) is 58.7 Å². The Kier molecular flexibility index (Phi) is 6.17. The van der Waals surface area contributed by atoms with Crippen molar-refractivity contribution in [3.05, 3.63) is 0 Å². The van der Waals surface area contributed by atoms with Crippen molar-refractivity contribution in [2.75, 3.05) is 39.5 Å². The maximum absolute atomic E-state index is 8.58. The van der Waals surface area contributed by atoms with E-state index >= 15 is 0 Å². The van der Waals surface area contributed by atoms with Crippen molar-refractivity contribution in [3.8, 4) is 0 Å². The number of rotatable bonds is 6. The average molecular weight is 216 g/mol. The first kappa shape index (κ1) is 12.9. The number of piperidine rings is 1. The molecule has 1 rings (SSSR count). The van der Waals surface area contributed by atoms with Gasteiger partial charge in [0, 0.05) is 19.1 Å². The van der Waals surface area contributed by atoms with Gasteiger partial charge in [0.1, 0.15) is 0 Å². The maximum Gasteiger partial charge on any atom is 0.0698 e. The second-order valence-corrected chi connectivity index (χ2v) is 4.36. The Balaban J connectivity index is 2.19. The van der Waals surface area contributed by atoms with Crippen LogP contribution in [0.5, 0.6) is 0 Å². The zero-order chi connectivity index (χ0) is 11.1. The Morgan fingerprint density at radius 3 is 2.87 bits per heavy atom. The Bertz CT molecular complexity index is 167. The molecule has 2 unspecified atom stereocenters. The van der Waals surface area contributed by atoms with Crippen LogP contribution >= 0.6 is 0 Å². The molecule has 1 fully saturated rings. The summed E-state index contributed by atoms with van der Waals surface area (Å²) in [5, 5.41) is 8.58. The fraction of sp³-hybridized carbons (Fsp3) is 1.00. The highest BCUT2D eigenvalue weighted by atomic mass is 16.5. The second-order valence-electron chi connectivity index (χ2n) is 4.36. The lowest BCUT2D eigenvalue weighted by Crippen LogP contribution is -2.45. The van der Waals surface area contributed by atoms with E-state index in [9.17, 15) is 0 Å². The molecule has 1 aliphatic heterocycles. The summed E-state index contributed by atoms with van der Waals surface area (Å²) in [6.07, 6.45) is 2.49. The molecule has 0 saturated carbocycles. The van der Waals surface area contributed by atoms with Crippen LogP contribution in [0.4, 0.5) is 0 Å². The van der Waals surface area contributed by atoms with Gasteiger partial charge in [-0.15, -0.1) is 0 Å². The molecule has 0 aromatic heterocycles. The summed E-state index contributed by atoms with van der Waals surface area (Å²) in [5.41, 5.74) is 5.70. The number of hydrogen-bond donors (Lipinski definition) is 2. The van der Waals surface area contributed by atoms with Gasteiger partial charge in [0.05, 0.1) is 19.8 Å². The van der Waals surface area contributed by atoms with Crippen LogP contribution < -0.4 is 5.73 Å². The third kappa shape index (κ3) is 4.47. The summed E-state index contributed by atoms with van der Waals surface area (Å²) < 4.78 is 5.28. The van der Waals surface area contributed by atoms with E-state index in [1.807, 2.05) is 0 Å². The summed E-state index contributed by atoms with van der Waals surface area (Å²) in [4.78, 5) is 2.44. The van der Waals surface area contributed by atoms with E-state index in [0.29, 0.717) is 25.2 Å². The molecule has 0 radical (unpaired) electrons. The number of likely N-dealkylation sites (tertiary alicyclic amines) is 1. The molecular formula is C11H24N2O2. The van der Waals surface area contributed by atoms with Crippen LogP contribution in [0, 0.1) is 5.92 Å². The van der Waals surface area contributed by atoms with Gasteiger partial charge in [-0.3, -0.25) is 4.90 Å². The van der Waals surface area contributed by atoms with Gasteiger partial charge < -0.3 is 15.6 Å². The molecule has 0 aliphatic carbocycles. The highest BCUT2D eigenvalue weighted by Crippen LogP contribution is 2.20. The van der Waals surface area contributed by atoms with E-state index in [2.05, 4.69) is 11.8 Å². The normalized spacial score (nSPS) is 28.2. The highest BCUT2D eigenvalue weighted by Gasteiger charge is 2.23. The summed E-state index contributed by atoms with van der Waals surface area (Å²) in [6.45, 7) is 6.38. The van der Waals surface area contributed by atoms with E-state index in [0.717, 1.165) is 19.6 Å². The minimum atomic E-state index is 0.112. The predicted molar refractivity (Wildman–Crippen MR) is 60.7 cm³/mol. The van der Waals surface area contributed by atoms with Gasteiger partial charge in [-0.05, 0) is 32.2 Å². The molecule has 1 heterocycles. The molecule has 0 aromatic rings. The fourth-order valence-corrected chi connectivity index (χ4v) is 2.11. The summed E-state index contributed by atoms with van der Waals surface area (Å²) in [7, 11) is 0. The van der Waals surface area contributed by atoms with Crippen LogP contribution in [0.3, 0.4) is 0 Å². The van der Waals surface area contributed by atoms with Crippen LogP contribution in [-0.2, 0) is 4.74 Å². The van der Waals surface area contributed by atoms with Gasteiger partial charge in [-0.2, -0.15) is 0 Å². The van der Waals surface area contributed by atoms with Gasteiger partial charge in [-0.25, -0.2) is 0 Å². The van der Waals surface area contributed by atoms with Crippen molar-refractivity contribution in [2.45, 2.75) is 25.8 Å². The number of aliphatic hydroxyl groups excluding tert-OH is 1. The Morgan fingerprint density at radius 2 is 2.20 bits per heavy atom. The minimum absolute atomic E-state index is 0.112. The van der Waals surface area contributed by atoms with Gasteiger partial charge in [0.2, 0.25) is 0 Å². The first-order valence-electron chi connectivity index (χ1n) is 5.90. The molecule has 0 aromatic carbocycles. The summed E-state index contributed by atoms with van der Waals surface area (Å²) in [5.74, 6) is 0.652.